The second-order valence-corrected chi connectivity index (χ2v) is 6.83. The van der Waals surface area contributed by atoms with Gasteiger partial charge in [0.25, 0.3) is 0 Å². The van der Waals surface area contributed by atoms with Crippen molar-refractivity contribution in [2.45, 2.75) is 31.0 Å². The van der Waals surface area contributed by atoms with Crippen molar-refractivity contribution in [2.24, 2.45) is 0 Å². The fourth-order valence-electron chi connectivity index (χ4n) is 2.80. The van der Waals surface area contributed by atoms with Crippen molar-refractivity contribution in [3.8, 4) is 11.8 Å². The van der Waals surface area contributed by atoms with Crippen molar-refractivity contribution < 1.29 is 9.47 Å². The summed E-state index contributed by atoms with van der Waals surface area (Å²) in [5.41, 5.74) is 0.499. The van der Waals surface area contributed by atoms with E-state index >= 15 is 0 Å². The summed E-state index contributed by atoms with van der Waals surface area (Å²) >= 11 is 7.99. The molecule has 106 valence electrons. The maximum Gasteiger partial charge on any atom is 0.121 e. The zero-order chi connectivity index (χ0) is 14.0. The first-order valence-electron chi connectivity index (χ1n) is 6.79. The van der Waals surface area contributed by atoms with Gasteiger partial charge in [-0.1, -0.05) is 11.6 Å². The Labute approximate surface area is 128 Å². The Morgan fingerprint density at radius 1 is 1.50 bits per heavy atom. The number of hydrogen-bond donors (Lipinski definition) is 0. The summed E-state index contributed by atoms with van der Waals surface area (Å²) in [5, 5.41) is 9.32. The zero-order valence-corrected chi connectivity index (χ0v) is 12.7. The Morgan fingerprint density at radius 2 is 2.40 bits per heavy atom. The van der Waals surface area contributed by atoms with E-state index in [-0.39, 0.29) is 11.7 Å². The van der Waals surface area contributed by atoms with Crippen LogP contribution in [0.25, 0.3) is 0 Å². The van der Waals surface area contributed by atoms with Crippen LogP contribution in [-0.2, 0) is 4.74 Å². The Kier molecular flexibility index (Phi) is 4.11. The minimum Gasteiger partial charge on any atom is -0.490 e. The lowest BCUT2D eigenvalue weighted by Gasteiger charge is -2.37. The molecule has 0 bridgehead atoms. The van der Waals surface area contributed by atoms with Gasteiger partial charge >= 0.3 is 0 Å². The average Bonchev–Trinajstić information content (AvgIpc) is 2.87. The minimum atomic E-state index is 0.0178. The average molecular weight is 310 g/mol. The third kappa shape index (κ3) is 2.90. The van der Waals surface area contributed by atoms with Crippen LogP contribution in [0, 0.1) is 11.3 Å². The molecule has 5 heteroatoms. The van der Waals surface area contributed by atoms with Crippen molar-refractivity contribution in [1.29, 1.82) is 5.26 Å². The van der Waals surface area contributed by atoms with Crippen LogP contribution in [0.2, 0.25) is 5.02 Å². The molecular weight excluding hydrogens is 294 g/mol. The highest BCUT2D eigenvalue weighted by molar-refractivity contribution is 7.99. The summed E-state index contributed by atoms with van der Waals surface area (Å²) in [4.78, 5) is 0. The number of hydrogen-bond acceptors (Lipinski definition) is 4. The van der Waals surface area contributed by atoms with E-state index in [2.05, 4.69) is 6.07 Å². The van der Waals surface area contributed by atoms with Crippen molar-refractivity contribution in [1.82, 2.24) is 0 Å². The molecule has 2 heterocycles. The molecule has 1 spiro atoms. The van der Waals surface area contributed by atoms with E-state index in [1.807, 2.05) is 17.8 Å². The van der Waals surface area contributed by atoms with Crippen LogP contribution in [0.1, 0.15) is 24.8 Å². The molecule has 0 aromatic heterocycles. The highest BCUT2D eigenvalue weighted by atomic mass is 35.5. The van der Waals surface area contributed by atoms with E-state index in [0.717, 1.165) is 37.4 Å². The van der Waals surface area contributed by atoms with Crippen LogP contribution in [-0.4, -0.2) is 29.8 Å². The predicted molar refractivity (Wildman–Crippen MR) is 80.4 cm³/mol. The summed E-state index contributed by atoms with van der Waals surface area (Å²) < 4.78 is 12.0. The Bertz CT molecular complexity index is 537. The Morgan fingerprint density at radius 3 is 3.10 bits per heavy atom. The maximum absolute atomic E-state index is 8.88. The normalized spacial score (nSPS) is 29.3. The molecule has 20 heavy (non-hydrogen) atoms. The van der Waals surface area contributed by atoms with Gasteiger partial charge in [0.1, 0.15) is 17.9 Å². The van der Waals surface area contributed by atoms with Crippen LogP contribution in [0.5, 0.6) is 5.75 Å². The first-order chi connectivity index (χ1) is 9.71. The fourth-order valence-corrected chi connectivity index (χ4v) is 4.39. The molecule has 2 atom stereocenters. The van der Waals surface area contributed by atoms with Gasteiger partial charge < -0.3 is 9.47 Å². The lowest BCUT2D eigenvalue weighted by Crippen LogP contribution is -2.43. The molecule has 3 rings (SSSR count). The fraction of sp³-hybridized carbons (Fsp3) is 0.533. The van der Waals surface area contributed by atoms with Gasteiger partial charge in [0.15, 0.2) is 0 Å². The van der Waals surface area contributed by atoms with Crippen molar-refractivity contribution in [3.63, 3.8) is 0 Å². The lowest BCUT2D eigenvalue weighted by molar-refractivity contribution is -0.0958. The summed E-state index contributed by atoms with van der Waals surface area (Å²) in [6.45, 7) is 0.759. The largest absolute Gasteiger partial charge is 0.490 e. The lowest BCUT2D eigenvalue weighted by atomic mass is 9.91. The number of benzene rings is 1. The van der Waals surface area contributed by atoms with Crippen molar-refractivity contribution in [3.05, 3.63) is 28.8 Å². The monoisotopic (exact) mass is 309 g/mol. The SMILES string of the molecule is N#Cc1ccc(OC2CCOC3(CCSC3)C2)cc1Cl. The molecular formula is C15H16ClNO2S. The molecule has 1 aromatic carbocycles. The Balaban J connectivity index is 1.68. The number of nitriles is 1. The van der Waals surface area contributed by atoms with Gasteiger partial charge in [-0.3, -0.25) is 0 Å². The van der Waals surface area contributed by atoms with Crippen LogP contribution in [0.3, 0.4) is 0 Å². The van der Waals surface area contributed by atoms with E-state index in [1.165, 1.54) is 5.75 Å². The molecule has 2 fully saturated rings. The third-order valence-electron chi connectivity index (χ3n) is 3.88. The van der Waals surface area contributed by atoms with Gasteiger partial charge in [0.2, 0.25) is 0 Å². The quantitative estimate of drug-likeness (QED) is 0.836. The first kappa shape index (κ1) is 14.1. The second-order valence-electron chi connectivity index (χ2n) is 5.32. The first-order valence-corrected chi connectivity index (χ1v) is 8.32. The van der Waals surface area contributed by atoms with Crippen molar-refractivity contribution in [2.75, 3.05) is 18.1 Å². The van der Waals surface area contributed by atoms with Crippen LogP contribution in [0.4, 0.5) is 0 Å². The van der Waals surface area contributed by atoms with Gasteiger partial charge in [-0.15, -0.1) is 0 Å². The molecule has 0 radical (unpaired) electrons. The number of nitrogens with zero attached hydrogens (tertiary/aromatic N) is 1. The highest BCUT2D eigenvalue weighted by Crippen LogP contribution is 2.39. The summed E-state index contributed by atoms with van der Waals surface area (Å²) in [6, 6.07) is 7.31. The van der Waals surface area contributed by atoms with E-state index in [0.29, 0.717) is 10.6 Å². The van der Waals surface area contributed by atoms with Crippen molar-refractivity contribution >= 4 is 23.4 Å². The summed E-state index contributed by atoms with van der Waals surface area (Å²) in [5.74, 6) is 2.98. The standard InChI is InChI=1S/C15H16ClNO2S/c16-14-7-12(2-1-11(14)9-17)19-13-3-5-18-15(8-13)4-6-20-10-15/h1-2,7,13H,3-6,8,10H2. The highest BCUT2D eigenvalue weighted by Gasteiger charge is 2.41. The molecule has 2 saturated heterocycles. The number of thioether (sulfide) groups is 1. The number of rotatable bonds is 2. The predicted octanol–water partition coefficient (Wildman–Crippen LogP) is 3.65. The van der Waals surface area contributed by atoms with E-state index in [9.17, 15) is 0 Å². The van der Waals surface area contributed by atoms with Crippen LogP contribution in [0.15, 0.2) is 18.2 Å². The van der Waals surface area contributed by atoms with Gasteiger partial charge in [-0.05, 0) is 24.3 Å². The van der Waals surface area contributed by atoms with E-state index in [4.69, 9.17) is 26.3 Å². The molecule has 0 saturated carbocycles. The Hall–Kier alpha value is -0.890. The van der Waals surface area contributed by atoms with Gasteiger partial charge in [0, 0.05) is 24.7 Å². The zero-order valence-electron chi connectivity index (χ0n) is 11.1. The van der Waals surface area contributed by atoms with Crippen LogP contribution >= 0.6 is 23.4 Å². The molecule has 3 nitrogen and oxygen atoms in total. The minimum absolute atomic E-state index is 0.0178. The second kappa shape index (κ2) is 5.85. The van der Waals surface area contributed by atoms with Gasteiger partial charge in [0.05, 0.1) is 22.8 Å². The van der Waals surface area contributed by atoms with Gasteiger partial charge in [-0.25, -0.2) is 0 Å². The smallest absolute Gasteiger partial charge is 0.121 e. The molecule has 0 amide bonds. The number of ether oxygens (including phenoxy) is 2. The molecule has 2 unspecified atom stereocenters. The molecule has 2 aliphatic rings. The van der Waals surface area contributed by atoms with E-state index in [1.54, 1.807) is 12.1 Å². The van der Waals surface area contributed by atoms with Gasteiger partial charge in [-0.2, -0.15) is 17.0 Å². The summed E-state index contributed by atoms with van der Waals surface area (Å²) in [6.07, 6.45) is 3.14. The molecule has 2 aliphatic heterocycles. The van der Waals surface area contributed by atoms with E-state index < -0.39 is 0 Å². The third-order valence-corrected chi connectivity index (χ3v) is 5.41. The molecule has 1 aromatic rings. The molecule has 0 N–H and O–H groups in total. The number of halogens is 1. The topological polar surface area (TPSA) is 42.2 Å². The summed E-state index contributed by atoms with van der Waals surface area (Å²) in [7, 11) is 0. The maximum atomic E-state index is 8.88. The molecule has 0 aliphatic carbocycles. The van der Waals surface area contributed by atoms with Crippen LogP contribution < -0.4 is 4.74 Å².